The van der Waals surface area contributed by atoms with E-state index < -0.39 is 17.4 Å². The van der Waals surface area contributed by atoms with Gasteiger partial charge >= 0.3 is 5.92 Å². The van der Waals surface area contributed by atoms with Crippen LogP contribution in [0.3, 0.4) is 0 Å². The van der Waals surface area contributed by atoms with Gasteiger partial charge in [0, 0.05) is 0 Å². The molecule has 1 aliphatic rings. The Morgan fingerprint density at radius 1 is 1.35 bits per heavy atom. The predicted octanol–water partition coefficient (Wildman–Crippen LogP) is 1.82. The standard InChI is InChI=1S/C15H16F2N4O2/c16-15(17,14(23)7-4-8-14)12(22)19-13-20-18-10-21(13)9-11-5-2-1-3-6-11/h1-3,5-6,10,23H,4,7-9H2,(H,19,20,22). The molecule has 0 radical (unpaired) electrons. The third kappa shape index (κ3) is 2.81. The van der Waals surface area contributed by atoms with Gasteiger partial charge in [-0.15, -0.1) is 10.2 Å². The molecule has 8 heteroatoms. The summed E-state index contributed by atoms with van der Waals surface area (Å²) in [7, 11) is 0. The van der Waals surface area contributed by atoms with Gasteiger partial charge in [0.05, 0.1) is 6.54 Å². The molecule has 2 N–H and O–H groups in total. The molecule has 0 aliphatic heterocycles. The molecule has 1 aromatic carbocycles. The smallest absolute Gasteiger partial charge is 0.352 e. The van der Waals surface area contributed by atoms with Gasteiger partial charge in [-0.1, -0.05) is 30.3 Å². The first kappa shape index (κ1) is 15.5. The van der Waals surface area contributed by atoms with Crippen LogP contribution in [-0.2, 0) is 11.3 Å². The Bertz CT molecular complexity index is 699. The summed E-state index contributed by atoms with van der Waals surface area (Å²) in [6.07, 6.45) is 1.64. The zero-order valence-corrected chi connectivity index (χ0v) is 12.2. The lowest BCUT2D eigenvalue weighted by Crippen LogP contribution is -2.59. The number of hydrogen-bond acceptors (Lipinski definition) is 4. The Morgan fingerprint density at radius 3 is 2.65 bits per heavy atom. The van der Waals surface area contributed by atoms with E-state index in [1.807, 2.05) is 30.3 Å². The lowest BCUT2D eigenvalue weighted by atomic mass is 9.75. The number of anilines is 1. The molecule has 1 aromatic heterocycles. The molecule has 23 heavy (non-hydrogen) atoms. The molecule has 0 saturated heterocycles. The van der Waals surface area contributed by atoms with Crippen molar-refractivity contribution in [2.24, 2.45) is 0 Å². The van der Waals surface area contributed by atoms with E-state index in [1.165, 1.54) is 10.9 Å². The largest absolute Gasteiger partial charge is 0.383 e. The number of amides is 1. The number of aliphatic hydroxyl groups is 1. The second kappa shape index (κ2) is 5.69. The maximum absolute atomic E-state index is 14.1. The summed E-state index contributed by atoms with van der Waals surface area (Å²) in [5.41, 5.74) is -1.35. The quantitative estimate of drug-likeness (QED) is 0.880. The van der Waals surface area contributed by atoms with Gasteiger partial charge in [-0.3, -0.25) is 14.7 Å². The maximum Gasteiger partial charge on any atom is 0.352 e. The minimum Gasteiger partial charge on any atom is -0.383 e. The van der Waals surface area contributed by atoms with Crippen LogP contribution >= 0.6 is 0 Å². The average molecular weight is 322 g/mol. The van der Waals surface area contributed by atoms with Crippen molar-refractivity contribution >= 4 is 11.9 Å². The number of nitrogens with zero attached hydrogens (tertiary/aromatic N) is 3. The fourth-order valence-electron chi connectivity index (χ4n) is 2.46. The Kier molecular flexibility index (Phi) is 3.85. The van der Waals surface area contributed by atoms with Crippen LogP contribution in [0, 0.1) is 0 Å². The van der Waals surface area contributed by atoms with Gasteiger partial charge in [-0.2, -0.15) is 8.78 Å². The average Bonchev–Trinajstić information content (AvgIpc) is 2.92. The summed E-state index contributed by atoms with van der Waals surface area (Å²) in [5, 5.41) is 19.2. The van der Waals surface area contributed by atoms with E-state index in [4.69, 9.17) is 0 Å². The van der Waals surface area contributed by atoms with E-state index in [0.717, 1.165) is 5.56 Å². The molecule has 3 rings (SSSR count). The fourth-order valence-corrected chi connectivity index (χ4v) is 2.46. The van der Waals surface area contributed by atoms with E-state index in [2.05, 4.69) is 15.5 Å². The van der Waals surface area contributed by atoms with Gasteiger partial charge in [0.1, 0.15) is 11.9 Å². The first-order valence-corrected chi connectivity index (χ1v) is 7.26. The number of alkyl halides is 2. The van der Waals surface area contributed by atoms with Crippen molar-refractivity contribution in [1.29, 1.82) is 0 Å². The van der Waals surface area contributed by atoms with Crippen LogP contribution in [0.4, 0.5) is 14.7 Å². The molecule has 0 unspecified atom stereocenters. The zero-order valence-electron chi connectivity index (χ0n) is 12.2. The monoisotopic (exact) mass is 322 g/mol. The zero-order chi connectivity index (χ0) is 16.5. The van der Waals surface area contributed by atoms with Crippen molar-refractivity contribution in [2.75, 3.05) is 5.32 Å². The van der Waals surface area contributed by atoms with Gasteiger partial charge < -0.3 is 5.11 Å². The van der Waals surface area contributed by atoms with Gasteiger partial charge in [0.2, 0.25) is 5.95 Å². The molecule has 1 saturated carbocycles. The highest BCUT2D eigenvalue weighted by Crippen LogP contribution is 2.44. The number of aromatic nitrogens is 3. The van der Waals surface area contributed by atoms with Crippen molar-refractivity contribution in [1.82, 2.24) is 14.8 Å². The number of nitrogens with one attached hydrogen (secondary N) is 1. The van der Waals surface area contributed by atoms with Crippen molar-refractivity contribution < 1.29 is 18.7 Å². The van der Waals surface area contributed by atoms with Crippen molar-refractivity contribution in [3.05, 3.63) is 42.2 Å². The van der Waals surface area contributed by atoms with E-state index in [9.17, 15) is 18.7 Å². The number of carbonyl (C=O) groups excluding carboxylic acids is 1. The van der Waals surface area contributed by atoms with Crippen LogP contribution in [0.15, 0.2) is 36.7 Å². The molecule has 1 heterocycles. The highest BCUT2D eigenvalue weighted by molar-refractivity contribution is 5.95. The summed E-state index contributed by atoms with van der Waals surface area (Å²) >= 11 is 0. The fraction of sp³-hybridized carbons (Fsp3) is 0.400. The molecule has 1 amide bonds. The van der Waals surface area contributed by atoms with Gasteiger partial charge in [0.25, 0.3) is 5.91 Å². The normalized spacial score (nSPS) is 16.7. The number of benzene rings is 1. The second-order valence-electron chi connectivity index (χ2n) is 5.68. The van der Waals surface area contributed by atoms with Gasteiger partial charge in [-0.25, -0.2) is 0 Å². The van der Waals surface area contributed by atoms with E-state index >= 15 is 0 Å². The number of halogens is 2. The van der Waals surface area contributed by atoms with Crippen LogP contribution in [0.5, 0.6) is 0 Å². The van der Waals surface area contributed by atoms with Crippen LogP contribution in [0.1, 0.15) is 24.8 Å². The molecule has 0 spiro atoms. The topological polar surface area (TPSA) is 80.0 Å². The SMILES string of the molecule is O=C(Nc1nncn1Cc1ccccc1)C(F)(F)C1(O)CCC1. The van der Waals surface area contributed by atoms with E-state index in [-0.39, 0.29) is 18.8 Å². The Labute approximate surface area is 131 Å². The lowest BCUT2D eigenvalue weighted by Gasteiger charge is -2.41. The molecule has 2 aromatic rings. The van der Waals surface area contributed by atoms with Crippen LogP contribution in [-0.4, -0.2) is 37.3 Å². The van der Waals surface area contributed by atoms with Gasteiger partial charge in [-0.05, 0) is 24.8 Å². The van der Waals surface area contributed by atoms with Crippen LogP contribution < -0.4 is 5.32 Å². The van der Waals surface area contributed by atoms with Crippen molar-refractivity contribution in [3.8, 4) is 0 Å². The lowest BCUT2D eigenvalue weighted by molar-refractivity contribution is -0.212. The number of carbonyl (C=O) groups is 1. The minimum absolute atomic E-state index is 0.0820. The number of hydrogen-bond donors (Lipinski definition) is 2. The molecule has 1 fully saturated rings. The second-order valence-corrected chi connectivity index (χ2v) is 5.68. The van der Waals surface area contributed by atoms with E-state index in [1.54, 1.807) is 0 Å². The molecule has 0 atom stereocenters. The summed E-state index contributed by atoms with van der Waals surface area (Å²) in [5.74, 6) is -5.52. The minimum atomic E-state index is -3.87. The maximum atomic E-state index is 14.1. The molecule has 6 nitrogen and oxygen atoms in total. The molecular weight excluding hydrogens is 306 g/mol. The first-order chi connectivity index (χ1) is 10.9. The van der Waals surface area contributed by atoms with E-state index in [0.29, 0.717) is 13.0 Å². The molecule has 122 valence electrons. The Morgan fingerprint density at radius 2 is 2.04 bits per heavy atom. The highest BCUT2D eigenvalue weighted by Gasteiger charge is 2.61. The van der Waals surface area contributed by atoms with Crippen LogP contribution in [0.25, 0.3) is 0 Å². The summed E-state index contributed by atoms with van der Waals surface area (Å²) in [6.45, 7) is 0.333. The Hall–Kier alpha value is -2.35. The molecular formula is C15H16F2N4O2. The van der Waals surface area contributed by atoms with Gasteiger partial charge in [0.15, 0.2) is 0 Å². The van der Waals surface area contributed by atoms with Crippen molar-refractivity contribution in [3.63, 3.8) is 0 Å². The first-order valence-electron chi connectivity index (χ1n) is 7.26. The molecule has 0 bridgehead atoms. The number of rotatable bonds is 5. The summed E-state index contributed by atoms with van der Waals surface area (Å²) in [4.78, 5) is 11.9. The summed E-state index contributed by atoms with van der Waals surface area (Å²) < 4.78 is 29.6. The molecule has 1 aliphatic carbocycles. The van der Waals surface area contributed by atoms with Crippen molar-refractivity contribution in [2.45, 2.75) is 37.3 Å². The third-order valence-electron chi connectivity index (χ3n) is 4.09. The third-order valence-corrected chi connectivity index (χ3v) is 4.09. The summed E-state index contributed by atoms with van der Waals surface area (Å²) in [6, 6.07) is 9.27. The van der Waals surface area contributed by atoms with Crippen LogP contribution in [0.2, 0.25) is 0 Å². The highest BCUT2D eigenvalue weighted by atomic mass is 19.3. The predicted molar refractivity (Wildman–Crippen MR) is 77.9 cm³/mol. The Balaban J connectivity index is 1.74.